The summed E-state index contributed by atoms with van der Waals surface area (Å²) in [4.78, 5) is 115. The van der Waals surface area contributed by atoms with E-state index in [1.165, 1.54) is 24.3 Å². The van der Waals surface area contributed by atoms with E-state index in [9.17, 15) is 48.3 Å². The summed E-state index contributed by atoms with van der Waals surface area (Å²) in [5, 5.41) is 24.4. The molecule has 0 saturated carbocycles. The number of amides is 8. The van der Waals surface area contributed by atoms with Crippen molar-refractivity contribution in [3.63, 3.8) is 0 Å². The van der Waals surface area contributed by atoms with Crippen molar-refractivity contribution in [3.8, 4) is 5.75 Å². The molecule has 50 heavy (non-hydrogen) atoms. The minimum absolute atomic E-state index is 0.0304. The molecule has 6 atom stereocenters. The first-order chi connectivity index (χ1) is 23.5. The molecule has 2 rings (SSSR count). The van der Waals surface area contributed by atoms with Crippen molar-refractivity contribution in [2.24, 2.45) is 17.4 Å². The Labute approximate surface area is 288 Å². The summed E-state index contributed by atoms with van der Waals surface area (Å²) in [5.74, 6) is -7.95. The fourth-order valence-corrected chi connectivity index (χ4v) is 4.97. The summed E-state index contributed by atoms with van der Waals surface area (Å²) < 4.78 is 0. The number of aromatic hydroxyl groups is 1. The van der Waals surface area contributed by atoms with Crippen LogP contribution < -0.4 is 43.4 Å². The van der Waals surface area contributed by atoms with Gasteiger partial charge in [-0.05, 0) is 43.4 Å². The van der Waals surface area contributed by atoms with Gasteiger partial charge < -0.3 is 48.5 Å². The van der Waals surface area contributed by atoms with Crippen molar-refractivity contribution in [3.05, 3.63) is 29.8 Å². The van der Waals surface area contributed by atoms with Crippen molar-refractivity contribution < 1.29 is 48.3 Å². The van der Waals surface area contributed by atoms with Gasteiger partial charge in [-0.3, -0.25) is 43.2 Å². The molecule has 0 radical (unpaired) electrons. The zero-order valence-corrected chi connectivity index (χ0v) is 28.2. The second-order valence-corrected chi connectivity index (χ2v) is 12.1. The third kappa shape index (κ3) is 13.5. The lowest BCUT2D eigenvalue weighted by Crippen LogP contribution is -2.60. The van der Waals surface area contributed by atoms with Crippen molar-refractivity contribution in [2.75, 3.05) is 6.54 Å². The summed E-state index contributed by atoms with van der Waals surface area (Å²) in [7, 11) is 0. The first-order valence-electron chi connectivity index (χ1n) is 16.1. The van der Waals surface area contributed by atoms with Crippen LogP contribution in [-0.4, -0.2) is 94.9 Å². The van der Waals surface area contributed by atoms with Gasteiger partial charge in [0.2, 0.25) is 47.3 Å². The number of benzene rings is 1. The van der Waals surface area contributed by atoms with E-state index in [4.69, 9.17) is 11.5 Å². The second-order valence-electron chi connectivity index (χ2n) is 12.1. The van der Waals surface area contributed by atoms with Gasteiger partial charge in [0.1, 0.15) is 29.9 Å². The van der Waals surface area contributed by atoms with E-state index in [1.807, 2.05) is 0 Å². The van der Waals surface area contributed by atoms with Crippen LogP contribution in [0.2, 0.25) is 0 Å². The number of phenols is 1. The number of Topliss-reactive ketones (excluding diaryl/α,β-unsaturated/α-hetero) is 1. The first kappa shape index (κ1) is 40.6. The minimum atomic E-state index is -1.62. The Morgan fingerprint density at radius 2 is 1.40 bits per heavy atom. The molecule has 18 heteroatoms. The second kappa shape index (κ2) is 19.4. The Morgan fingerprint density at radius 3 is 1.98 bits per heavy atom. The van der Waals surface area contributed by atoms with Crippen LogP contribution in [0.25, 0.3) is 0 Å². The Balaban J connectivity index is 2.55. The Kier molecular flexibility index (Phi) is 15.8. The summed E-state index contributed by atoms with van der Waals surface area (Å²) >= 11 is 0. The summed E-state index contributed by atoms with van der Waals surface area (Å²) in [6, 6.07) is -1.06. The van der Waals surface area contributed by atoms with Crippen LogP contribution in [0.3, 0.4) is 0 Å². The van der Waals surface area contributed by atoms with Crippen molar-refractivity contribution in [2.45, 2.75) is 95.9 Å². The van der Waals surface area contributed by atoms with Gasteiger partial charge in [-0.2, -0.15) is 0 Å². The molecule has 11 N–H and O–H groups in total. The molecule has 1 aromatic rings. The van der Waals surface area contributed by atoms with E-state index in [-0.39, 0.29) is 37.9 Å². The Hall–Kier alpha value is -5.55. The topological polar surface area (TPSA) is 298 Å². The molecule has 18 nitrogen and oxygen atoms in total. The molecule has 1 aliphatic rings. The van der Waals surface area contributed by atoms with Gasteiger partial charge in [0, 0.05) is 19.3 Å². The summed E-state index contributed by atoms with van der Waals surface area (Å²) in [6.45, 7) is 4.00. The molecular formula is C32H46N8O10. The summed E-state index contributed by atoms with van der Waals surface area (Å²) in [6.07, 6.45) is -1.65. The molecular weight excluding hydrogens is 656 g/mol. The number of primary amides is 2. The largest absolute Gasteiger partial charge is 0.508 e. The maximum Gasteiger partial charge on any atom is 0.243 e. The Bertz CT molecular complexity index is 1450. The van der Waals surface area contributed by atoms with Gasteiger partial charge in [-0.1, -0.05) is 32.4 Å². The average molecular weight is 703 g/mol. The van der Waals surface area contributed by atoms with Crippen LogP contribution in [0, 0.1) is 5.92 Å². The normalized spacial score (nSPS) is 23.9. The molecule has 1 heterocycles. The van der Waals surface area contributed by atoms with Gasteiger partial charge in [0.25, 0.3) is 0 Å². The van der Waals surface area contributed by atoms with E-state index >= 15 is 0 Å². The zero-order chi connectivity index (χ0) is 37.5. The van der Waals surface area contributed by atoms with E-state index in [1.54, 1.807) is 13.8 Å². The Morgan fingerprint density at radius 1 is 0.800 bits per heavy atom. The number of ketones is 1. The van der Waals surface area contributed by atoms with E-state index < -0.39 is 102 Å². The van der Waals surface area contributed by atoms with Gasteiger partial charge in [0.05, 0.1) is 19.0 Å². The molecule has 0 aliphatic carbocycles. The number of hydrogen-bond donors (Lipinski definition) is 9. The van der Waals surface area contributed by atoms with Crippen molar-refractivity contribution in [1.29, 1.82) is 0 Å². The highest BCUT2D eigenvalue weighted by atomic mass is 16.3. The highest BCUT2D eigenvalue weighted by molar-refractivity contribution is 5.98. The SMILES string of the molecule is CCC(C)C1NC(=O)[C@H](Cc2ccc(O)cc2)NC(=O)CNC(=O)CCC(C(C)=O)NC(=O)[C@H](CC(N)=O)NC(=O)[C@H](CCC(N)=O)NC1=O. The van der Waals surface area contributed by atoms with Crippen LogP contribution in [0.1, 0.15) is 64.9 Å². The molecule has 0 aromatic heterocycles. The van der Waals surface area contributed by atoms with Crippen LogP contribution in [0.5, 0.6) is 5.75 Å². The van der Waals surface area contributed by atoms with Gasteiger partial charge in [-0.15, -0.1) is 0 Å². The lowest BCUT2D eigenvalue weighted by Gasteiger charge is -2.29. The van der Waals surface area contributed by atoms with Gasteiger partial charge in [-0.25, -0.2) is 0 Å². The number of hydrogen-bond acceptors (Lipinski definition) is 10. The molecule has 1 saturated heterocycles. The molecule has 1 aliphatic heterocycles. The summed E-state index contributed by atoms with van der Waals surface area (Å²) in [5.41, 5.74) is 11.1. The van der Waals surface area contributed by atoms with Crippen LogP contribution in [-0.2, 0) is 49.6 Å². The smallest absolute Gasteiger partial charge is 0.243 e. The number of rotatable bonds is 10. The quantitative estimate of drug-likeness (QED) is 0.119. The fraction of sp³-hybridized carbons (Fsp3) is 0.531. The molecule has 1 fully saturated rings. The highest BCUT2D eigenvalue weighted by Crippen LogP contribution is 2.14. The number of carbonyl (C=O) groups excluding carboxylic acids is 9. The predicted molar refractivity (Wildman–Crippen MR) is 176 cm³/mol. The van der Waals surface area contributed by atoms with Crippen molar-refractivity contribution in [1.82, 2.24) is 31.9 Å². The fourth-order valence-electron chi connectivity index (χ4n) is 4.97. The molecule has 3 unspecified atom stereocenters. The van der Waals surface area contributed by atoms with E-state index in [0.29, 0.717) is 12.0 Å². The third-order valence-corrected chi connectivity index (χ3v) is 8.09. The van der Waals surface area contributed by atoms with Gasteiger partial charge in [0.15, 0.2) is 5.78 Å². The average Bonchev–Trinajstić information content (AvgIpc) is 3.05. The maximum absolute atomic E-state index is 13.7. The third-order valence-electron chi connectivity index (χ3n) is 8.09. The van der Waals surface area contributed by atoms with E-state index in [0.717, 1.165) is 6.92 Å². The molecule has 8 amide bonds. The van der Waals surface area contributed by atoms with Gasteiger partial charge >= 0.3 is 0 Å². The standard InChI is InChI=1S/C32H46N8O10/c1-4-16(2)28-32(50)38-21(9-11-24(33)43)29(47)39-23(14-25(34)44)30(48)37-20(17(3)41)10-12-26(45)35-15-27(46)36-22(31(49)40-28)13-18-5-7-19(42)8-6-18/h5-8,16,20-23,28,42H,4,9-15H2,1-3H3,(H2,33,43)(H2,34,44)(H,35,45)(H,36,46)(H,37,48)(H,38,50)(H,39,47)(H,40,49)/t16?,20?,21-,22-,23-,28?/m0/s1. The first-order valence-corrected chi connectivity index (χ1v) is 16.1. The predicted octanol–water partition coefficient (Wildman–Crippen LogP) is -2.96. The van der Waals surface area contributed by atoms with E-state index in [2.05, 4.69) is 31.9 Å². The van der Waals surface area contributed by atoms with Crippen molar-refractivity contribution >= 4 is 53.0 Å². The number of nitrogens with two attached hydrogens (primary N) is 2. The monoisotopic (exact) mass is 702 g/mol. The highest BCUT2D eigenvalue weighted by Gasteiger charge is 2.35. The number of carbonyl (C=O) groups is 9. The van der Waals surface area contributed by atoms with Crippen LogP contribution >= 0.6 is 0 Å². The maximum atomic E-state index is 13.7. The molecule has 1 aromatic carbocycles. The number of nitrogens with one attached hydrogen (secondary N) is 6. The molecule has 0 spiro atoms. The number of phenolic OH excluding ortho intramolecular Hbond substituents is 1. The van der Waals surface area contributed by atoms with Crippen LogP contribution in [0.4, 0.5) is 0 Å². The van der Waals surface area contributed by atoms with Crippen LogP contribution in [0.15, 0.2) is 24.3 Å². The zero-order valence-electron chi connectivity index (χ0n) is 28.2. The molecule has 274 valence electrons. The lowest BCUT2D eigenvalue weighted by atomic mass is 9.96. The minimum Gasteiger partial charge on any atom is -0.508 e. The molecule has 0 bridgehead atoms. The lowest BCUT2D eigenvalue weighted by molar-refractivity contribution is -0.136.